The fraction of sp³-hybridized carbons (Fsp3) is 0.500. The summed E-state index contributed by atoms with van der Waals surface area (Å²) >= 11 is 0. The molecule has 4 N–H and O–H groups in total. The number of carboxylic acid groups (broad SMARTS) is 2. The molecule has 0 amide bonds. The molecule has 0 bridgehead atoms. The molecule has 0 rings (SSSR count). The van der Waals surface area contributed by atoms with Gasteiger partial charge in [0.15, 0.2) is 5.60 Å². The third kappa shape index (κ3) is 5.70. The van der Waals surface area contributed by atoms with Gasteiger partial charge >= 0.3 is 47.5 Å². The molecular formula is C6H9NaO8. The molecule has 0 saturated heterocycles. The first kappa shape index (κ1) is 16.7. The Hall–Kier alpha value is -0.670. The van der Waals surface area contributed by atoms with Crippen molar-refractivity contribution in [1.29, 1.82) is 0 Å². The van der Waals surface area contributed by atoms with E-state index in [1.807, 2.05) is 0 Å². The quantitative estimate of drug-likeness (QED) is 0.212. The van der Waals surface area contributed by atoms with E-state index < -0.39 is 36.4 Å². The zero-order valence-electron chi connectivity index (χ0n) is 8.84. The fourth-order valence-electron chi connectivity index (χ4n) is 0.735. The Balaban J connectivity index is -0.000000845. The molecule has 0 aromatic rings. The van der Waals surface area contributed by atoms with Crippen LogP contribution in [0, 0.1) is 0 Å². The molecule has 0 aliphatic rings. The number of carbonyl (C=O) groups is 3. The Morgan fingerprint density at radius 2 is 1.67 bits per heavy atom. The van der Waals surface area contributed by atoms with Crippen molar-refractivity contribution in [2.45, 2.75) is 18.4 Å². The van der Waals surface area contributed by atoms with Crippen LogP contribution in [0.25, 0.3) is 0 Å². The molecule has 15 heavy (non-hydrogen) atoms. The van der Waals surface area contributed by atoms with Crippen LogP contribution in [-0.2, 0) is 19.3 Å². The molecule has 0 fully saturated rings. The molecule has 82 valence electrons. The van der Waals surface area contributed by atoms with E-state index in [1.165, 1.54) is 0 Å². The van der Waals surface area contributed by atoms with Gasteiger partial charge in [-0.3, -0.25) is 4.79 Å². The van der Waals surface area contributed by atoms with Gasteiger partial charge < -0.3 is 21.6 Å². The topological polar surface area (TPSA) is 141 Å². The molecule has 1 atom stereocenters. The van der Waals surface area contributed by atoms with Gasteiger partial charge in [0, 0.05) is 0 Å². The van der Waals surface area contributed by atoms with Crippen molar-refractivity contribution in [3.05, 3.63) is 0 Å². The van der Waals surface area contributed by atoms with Gasteiger partial charge in [-0.25, -0.2) is 9.59 Å². The summed E-state index contributed by atoms with van der Waals surface area (Å²) in [6.07, 6.45) is -2.32. The van der Waals surface area contributed by atoms with Crippen molar-refractivity contribution < 1.29 is 70.8 Å². The van der Waals surface area contributed by atoms with Gasteiger partial charge in [-0.15, -0.1) is 0 Å². The van der Waals surface area contributed by atoms with E-state index in [9.17, 15) is 14.4 Å². The summed E-state index contributed by atoms with van der Waals surface area (Å²) in [6, 6.07) is 0. The second kappa shape index (κ2) is 6.75. The van der Waals surface area contributed by atoms with E-state index in [4.69, 9.17) is 20.6 Å². The first-order chi connectivity index (χ1) is 6.31. The molecule has 0 saturated carbocycles. The first-order valence-electron chi connectivity index (χ1n) is 3.33. The summed E-state index contributed by atoms with van der Waals surface area (Å²) < 4.78 is 0. The Kier molecular flexibility index (Phi) is 7.53. The van der Waals surface area contributed by atoms with Crippen molar-refractivity contribution in [1.82, 2.24) is 0 Å². The molecule has 0 aromatic heterocycles. The van der Waals surface area contributed by atoms with Gasteiger partial charge in [-0.1, -0.05) is 0 Å². The molecule has 9 heteroatoms. The van der Waals surface area contributed by atoms with Gasteiger partial charge in [0.05, 0.1) is 12.8 Å². The summed E-state index contributed by atoms with van der Waals surface area (Å²) in [5.74, 6) is -4.91. The smallest absolute Gasteiger partial charge is 1.00 e. The maximum atomic E-state index is 10.4. The Morgan fingerprint density at radius 3 is 1.93 bits per heavy atom. The predicted molar refractivity (Wildman–Crippen MR) is 39.3 cm³/mol. The van der Waals surface area contributed by atoms with Crippen LogP contribution >= 0.6 is 0 Å². The van der Waals surface area contributed by atoms with Crippen molar-refractivity contribution in [3.63, 3.8) is 0 Å². The van der Waals surface area contributed by atoms with E-state index in [1.54, 1.807) is 0 Å². The third-order valence-electron chi connectivity index (χ3n) is 1.38. The maximum Gasteiger partial charge on any atom is 1.00 e. The minimum Gasteiger partial charge on any atom is -1.00 e. The number of aliphatic carboxylic acids is 2. The van der Waals surface area contributed by atoms with Crippen molar-refractivity contribution in [3.8, 4) is 0 Å². The Labute approximate surface area is 107 Å². The number of rotatable bonds is 5. The average molecular weight is 232 g/mol. The van der Waals surface area contributed by atoms with E-state index in [2.05, 4.69) is 4.89 Å². The van der Waals surface area contributed by atoms with Gasteiger partial charge in [0.1, 0.15) is 0 Å². The molecule has 1 unspecified atom stereocenters. The number of hydrogen-bond acceptors (Lipinski definition) is 6. The summed E-state index contributed by atoms with van der Waals surface area (Å²) in [4.78, 5) is 34.1. The largest absolute Gasteiger partial charge is 1.00 e. The van der Waals surface area contributed by atoms with Crippen LogP contribution in [0.1, 0.15) is 14.3 Å². The van der Waals surface area contributed by atoms with Crippen LogP contribution in [0.2, 0.25) is 0 Å². The minimum atomic E-state index is -2.77. The summed E-state index contributed by atoms with van der Waals surface area (Å²) in [6.45, 7) is 0. The molecule has 0 aliphatic carbocycles. The molecule has 0 aromatic carbocycles. The van der Waals surface area contributed by atoms with E-state index in [0.29, 0.717) is 0 Å². The van der Waals surface area contributed by atoms with Gasteiger partial charge in [0.25, 0.3) is 0 Å². The molecule has 8 nitrogen and oxygen atoms in total. The maximum absolute atomic E-state index is 10.4. The normalized spacial score (nSPS) is 13.2. The van der Waals surface area contributed by atoms with Crippen LogP contribution in [0.5, 0.6) is 0 Å². The first-order valence-corrected chi connectivity index (χ1v) is 3.33. The molecule has 0 radical (unpaired) electrons. The van der Waals surface area contributed by atoms with Crippen molar-refractivity contribution >= 4 is 17.9 Å². The van der Waals surface area contributed by atoms with Gasteiger partial charge in [0.2, 0.25) is 0 Å². The van der Waals surface area contributed by atoms with Crippen LogP contribution < -0.4 is 29.6 Å². The molecule has 0 spiro atoms. The predicted octanol–water partition coefficient (Wildman–Crippen LogP) is -4.20. The molecular weight excluding hydrogens is 223 g/mol. The average Bonchev–Trinajstić information content (AvgIpc) is 2.02. The van der Waals surface area contributed by atoms with Crippen molar-refractivity contribution in [2.75, 3.05) is 0 Å². The SMILES string of the molecule is O=C(O)CC(O)(CC(=O)OO)C(=O)O.[H-].[Na+]. The van der Waals surface area contributed by atoms with E-state index in [0.717, 1.165) is 0 Å². The Morgan fingerprint density at radius 1 is 1.20 bits per heavy atom. The van der Waals surface area contributed by atoms with Crippen LogP contribution in [-0.4, -0.2) is 44.1 Å². The number of carboxylic acids is 2. The minimum absolute atomic E-state index is 0. The fourth-order valence-corrected chi connectivity index (χ4v) is 0.735. The van der Waals surface area contributed by atoms with E-state index >= 15 is 0 Å². The summed E-state index contributed by atoms with van der Waals surface area (Å²) in [5, 5.41) is 33.6. The van der Waals surface area contributed by atoms with Gasteiger partial charge in [-0.2, -0.15) is 5.26 Å². The summed E-state index contributed by atoms with van der Waals surface area (Å²) in [5.41, 5.74) is -2.77. The summed E-state index contributed by atoms with van der Waals surface area (Å²) in [7, 11) is 0. The molecule has 0 aliphatic heterocycles. The number of carbonyl (C=O) groups excluding carboxylic acids is 1. The van der Waals surface area contributed by atoms with E-state index in [-0.39, 0.29) is 31.0 Å². The van der Waals surface area contributed by atoms with Gasteiger partial charge in [-0.05, 0) is 0 Å². The standard InChI is InChI=1S/C6H8O8.Na.H/c7-3(8)1-6(12,5(10)11)2-4(9)14-13;;/h12-13H,1-2H2,(H,7,8)(H,10,11);;/q;+1;-1. The zero-order valence-corrected chi connectivity index (χ0v) is 9.84. The number of hydrogen-bond donors (Lipinski definition) is 4. The number of aliphatic hydroxyl groups is 1. The third-order valence-corrected chi connectivity index (χ3v) is 1.38. The zero-order chi connectivity index (χ0) is 11.4. The second-order valence-electron chi connectivity index (χ2n) is 2.55. The van der Waals surface area contributed by atoms with Crippen LogP contribution in [0.3, 0.4) is 0 Å². The monoisotopic (exact) mass is 232 g/mol. The Bertz CT molecular complexity index is 269. The van der Waals surface area contributed by atoms with Crippen molar-refractivity contribution in [2.24, 2.45) is 0 Å². The van der Waals surface area contributed by atoms with Crippen LogP contribution in [0.4, 0.5) is 0 Å². The molecule has 0 heterocycles. The van der Waals surface area contributed by atoms with Crippen LogP contribution in [0.15, 0.2) is 0 Å². The second-order valence-corrected chi connectivity index (χ2v) is 2.55.